The highest BCUT2D eigenvalue weighted by atomic mass is 35.5. The van der Waals surface area contributed by atoms with Gasteiger partial charge in [-0.1, -0.05) is 12.8 Å². The molecule has 1 fully saturated rings. The van der Waals surface area contributed by atoms with E-state index < -0.39 is 17.5 Å². The van der Waals surface area contributed by atoms with Gasteiger partial charge in [-0.15, -0.1) is 11.6 Å². The van der Waals surface area contributed by atoms with Crippen LogP contribution in [-0.2, 0) is 4.79 Å². The predicted molar refractivity (Wildman–Crippen MR) is 56.1 cm³/mol. The topological polar surface area (TPSA) is 78.4 Å². The van der Waals surface area contributed by atoms with E-state index in [4.69, 9.17) is 16.7 Å². The van der Waals surface area contributed by atoms with Crippen molar-refractivity contribution in [2.75, 3.05) is 12.4 Å². The molecule has 6 heteroatoms. The zero-order chi connectivity index (χ0) is 11.3. The first-order valence-corrected chi connectivity index (χ1v) is 5.49. The highest BCUT2D eigenvalue weighted by Gasteiger charge is 2.42. The molecule has 0 aliphatic heterocycles. The maximum atomic E-state index is 11.3. The van der Waals surface area contributed by atoms with E-state index >= 15 is 0 Å². The minimum absolute atomic E-state index is 0.313. The molecule has 5 nitrogen and oxygen atoms in total. The Morgan fingerprint density at radius 3 is 2.40 bits per heavy atom. The molecule has 1 rings (SSSR count). The lowest BCUT2D eigenvalue weighted by Crippen LogP contribution is -2.55. The molecule has 15 heavy (non-hydrogen) atoms. The summed E-state index contributed by atoms with van der Waals surface area (Å²) in [5, 5.41) is 14.1. The Morgan fingerprint density at radius 2 is 1.93 bits per heavy atom. The number of halogens is 1. The highest BCUT2D eigenvalue weighted by molar-refractivity contribution is 6.18. The summed E-state index contributed by atoms with van der Waals surface area (Å²) in [5.74, 6) is -0.644. The van der Waals surface area contributed by atoms with Crippen molar-refractivity contribution in [1.29, 1.82) is 0 Å². The van der Waals surface area contributed by atoms with Gasteiger partial charge >= 0.3 is 12.0 Å². The largest absolute Gasteiger partial charge is 0.480 e. The molecule has 0 heterocycles. The average Bonchev–Trinajstić information content (AvgIpc) is 2.64. The molecule has 0 unspecified atom stereocenters. The first-order chi connectivity index (χ1) is 7.10. The second-order valence-electron chi connectivity index (χ2n) is 3.66. The van der Waals surface area contributed by atoms with E-state index in [9.17, 15) is 9.59 Å². The summed E-state index contributed by atoms with van der Waals surface area (Å²) in [4.78, 5) is 22.4. The number of alkyl halides is 1. The van der Waals surface area contributed by atoms with Gasteiger partial charge in [-0.2, -0.15) is 0 Å². The SMILES string of the molecule is O=C(NCCCl)NC1(C(=O)O)CCCC1. The van der Waals surface area contributed by atoms with Gasteiger partial charge in [0.2, 0.25) is 0 Å². The average molecular weight is 235 g/mol. The molecule has 1 aliphatic rings. The molecule has 0 spiro atoms. The van der Waals surface area contributed by atoms with Crippen molar-refractivity contribution in [2.24, 2.45) is 0 Å². The van der Waals surface area contributed by atoms with Crippen LogP contribution in [-0.4, -0.2) is 35.1 Å². The monoisotopic (exact) mass is 234 g/mol. The van der Waals surface area contributed by atoms with E-state index in [1.165, 1.54) is 0 Å². The smallest absolute Gasteiger partial charge is 0.329 e. The fourth-order valence-corrected chi connectivity index (χ4v) is 1.89. The van der Waals surface area contributed by atoms with Crippen molar-refractivity contribution in [3.05, 3.63) is 0 Å². The fourth-order valence-electron chi connectivity index (χ4n) is 1.79. The number of amides is 2. The molecule has 1 aliphatic carbocycles. The summed E-state index contributed by atoms with van der Waals surface area (Å²) in [5.41, 5.74) is -1.07. The summed E-state index contributed by atoms with van der Waals surface area (Å²) in [6.45, 7) is 0.336. The molecular weight excluding hydrogens is 220 g/mol. The van der Waals surface area contributed by atoms with Gasteiger partial charge in [-0.25, -0.2) is 9.59 Å². The summed E-state index contributed by atoms with van der Waals surface area (Å²) < 4.78 is 0. The summed E-state index contributed by atoms with van der Waals surface area (Å²) in [7, 11) is 0. The standard InChI is InChI=1S/C9H15ClN2O3/c10-5-6-11-8(15)12-9(7(13)14)3-1-2-4-9/h1-6H2,(H,13,14)(H2,11,12,15). The molecule has 0 aromatic carbocycles. The van der Waals surface area contributed by atoms with Crippen molar-refractivity contribution in [1.82, 2.24) is 10.6 Å². The minimum Gasteiger partial charge on any atom is -0.480 e. The Morgan fingerprint density at radius 1 is 1.33 bits per heavy atom. The summed E-state index contributed by atoms with van der Waals surface area (Å²) >= 11 is 5.40. The summed E-state index contributed by atoms with van der Waals surface area (Å²) in [6, 6.07) is -0.458. The molecule has 0 saturated heterocycles. The van der Waals surface area contributed by atoms with Crippen LogP contribution in [0.5, 0.6) is 0 Å². The third kappa shape index (κ3) is 2.99. The molecule has 0 radical (unpaired) electrons. The van der Waals surface area contributed by atoms with E-state index in [2.05, 4.69) is 10.6 Å². The van der Waals surface area contributed by atoms with Gasteiger partial charge in [0.05, 0.1) is 0 Å². The number of nitrogens with one attached hydrogen (secondary N) is 2. The van der Waals surface area contributed by atoms with Crippen LogP contribution in [0.15, 0.2) is 0 Å². The molecular formula is C9H15ClN2O3. The third-order valence-electron chi connectivity index (χ3n) is 2.60. The molecule has 86 valence electrons. The van der Waals surface area contributed by atoms with Crippen LogP contribution in [0.1, 0.15) is 25.7 Å². The lowest BCUT2D eigenvalue weighted by Gasteiger charge is -2.25. The Balaban J connectivity index is 2.52. The van der Waals surface area contributed by atoms with E-state index in [0.717, 1.165) is 12.8 Å². The number of hydrogen-bond donors (Lipinski definition) is 3. The van der Waals surface area contributed by atoms with Crippen LogP contribution in [0.2, 0.25) is 0 Å². The van der Waals surface area contributed by atoms with Gasteiger partial charge in [0, 0.05) is 12.4 Å². The number of aliphatic carboxylic acids is 1. The zero-order valence-electron chi connectivity index (χ0n) is 8.38. The number of hydrogen-bond acceptors (Lipinski definition) is 2. The Kier molecular flexibility index (Phi) is 4.20. The lowest BCUT2D eigenvalue weighted by molar-refractivity contribution is -0.144. The molecule has 3 N–H and O–H groups in total. The van der Waals surface area contributed by atoms with Crippen LogP contribution in [0.25, 0.3) is 0 Å². The molecule has 1 saturated carbocycles. The molecule has 0 aromatic rings. The molecule has 0 aromatic heterocycles. The van der Waals surface area contributed by atoms with Crippen LogP contribution in [0.4, 0.5) is 4.79 Å². The van der Waals surface area contributed by atoms with E-state index in [-0.39, 0.29) is 0 Å². The van der Waals surface area contributed by atoms with E-state index in [1.807, 2.05) is 0 Å². The highest BCUT2D eigenvalue weighted by Crippen LogP contribution is 2.29. The van der Waals surface area contributed by atoms with Crippen LogP contribution in [0.3, 0.4) is 0 Å². The normalized spacial score (nSPS) is 18.5. The first-order valence-electron chi connectivity index (χ1n) is 4.96. The second-order valence-corrected chi connectivity index (χ2v) is 4.04. The maximum absolute atomic E-state index is 11.3. The number of rotatable bonds is 4. The number of carbonyl (C=O) groups is 2. The van der Waals surface area contributed by atoms with Crippen molar-refractivity contribution >= 4 is 23.6 Å². The van der Waals surface area contributed by atoms with Crippen LogP contribution < -0.4 is 10.6 Å². The Labute approximate surface area is 93.2 Å². The molecule has 2 amide bonds. The number of urea groups is 1. The number of carboxylic acid groups (broad SMARTS) is 1. The predicted octanol–water partition coefficient (Wildman–Crippen LogP) is 0.922. The first kappa shape index (κ1) is 12.1. The van der Waals surface area contributed by atoms with E-state index in [0.29, 0.717) is 25.3 Å². The number of carbonyl (C=O) groups excluding carboxylic acids is 1. The van der Waals surface area contributed by atoms with Crippen LogP contribution in [0, 0.1) is 0 Å². The van der Waals surface area contributed by atoms with E-state index in [1.54, 1.807) is 0 Å². The lowest BCUT2D eigenvalue weighted by atomic mass is 9.98. The number of carboxylic acids is 1. The van der Waals surface area contributed by atoms with Gasteiger partial charge in [-0.3, -0.25) is 0 Å². The van der Waals surface area contributed by atoms with Gasteiger partial charge in [-0.05, 0) is 12.8 Å². The van der Waals surface area contributed by atoms with Gasteiger partial charge < -0.3 is 15.7 Å². The van der Waals surface area contributed by atoms with Gasteiger partial charge in [0.1, 0.15) is 5.54 Å². The summed E-state index contributed by atoms with van der Waals surface area (Å²) in [6.07, 6.45) is 2.66. The van der Waals surface area contributed by atoms with Crippen molar-refractivity contribution < 1.29 is 14.7 Å². The fraction of sp³-hybridized carbons (Fsp3) is 0.778. The van der Waals surface area contributed by atoms with Gasteiger partial charge in [0.25, 0.3) is 0 Å². The van der Waals surface area contributed by atoms with Crippen molar-refractivity contribution in [3.8, 4) is 0 Å². The van der Waals surface area contributed by atoms with Gasteiger partial charge in [0.15, 0.2) is 0 Å². The second kappa shape index (κ2) is 5.21. The minimum atomic E-state index is -1.07. The Bertz CT molecular complexity index is 252. The van der Waals surface area contributed by atoms with Crippen LogP contribution >= 0.6 is 11.6 Å². The van der Waals surface area contributed by atoms with Crippen molar-refractivity contribution in [2.45, 2.75) is 31.2 Å². The zero-order valence-corrected chi connectivity index (χ0v) is 9.14. The Hall–Kier alpha value is -0.970. The molecule has 0 bridgehead atoms. The maximum Gasteiger partial charge on any atom is 0.329 e. The quantitative estimate of drug-likeness (QED) is 0.633. The molecule has 0 atom stereocenters. The third-order valence-corrected chi connectivity index (χ3v) is 2.79. The van der Waals surface area contributed by atoms with Crippen molar-refractivity contribution in [3.63, 3.8) is 0 Å².